The number of benzene rings is 3. The van der Waals surface area contributed by atoms with Crippen LogP contribution >= 0.6 is 23.5 Å². The number of hydrogen-bond acceptors (Lipinski definition) is 17. The summed E-state index contributed by atoms with van der Waals surface area (Å²) in [7, 11) is -21.2. The molecule has 2 aromatic heterocycles. The Morgan fingerprint density at radius 1 is 0.893 bits per heavy atom. The van der Waals surface area contributed by atoms with Crippen molar-refractivity contribution in [2.45, 2.75) is 121 Å². The van der Waals surface area contributed by atoms with Crippen LogP contribution in [0.2, 0.25) is 0 Å². The van der Waals surface area contributed by atoms with Crippen molar-refractivity contribution in [3.8, 4) is 22.6 Å². The van der Waals surface area contributed by atoms with Crippen molar-refractivity contribution >= 4 is 68.2 Å². The summed E-state index contributed by atoms with van der Waals surface area (Å²) >= 11 is 0. The van der Waals surface area contributed by atoms with Crippen molar-refractivity contribution in [2.24, 2.45) is 0 Å². The fourth-order valence-corrected chi connectivity index (χ4v) is 14.1. The number of nitrogens with zero attached hydrogens (tertiary/aromatic N) is 6. The molecule has 1 aliphatic carbocycles. The number of phosphoric acid groups is 3. The van der Waals surface area contributed by atoms with E-state index in [1.807, 2.05) is 36.4 Å². The summed E-state index contributed by atoms with van der Waals surface area (Å²) in [4.78, 5) is 64.7. The quantitative estimate of drug-likeness (QED) is 0.00986. The molecule has 0 radical (unpaired) electrons. The smallest absolute Gasteiger partial charge is 0.456 e. The molecule has 2 unspecified atom stereocenters. The van der Waals surface area contributed by atoms with Crippen LogP contribution in [0.3, 0.4) is 0 Å². The molecule has 2 aromatic carbocycles. The van der Waals surface area contributed by atoms with Crippen LogP contribution in [0.5, 0.6) is 0 Å². The fourth-order valence-electron chi connectivity index (χ4n) is 10.5. The van der Waals surface area contributed by atoms with Gasteiger partial charge in [-0.15, -0.1) is 0 Å². The van der Waals surface area contributed by atoms with Gasteiger partial charge in [-0.25, -0.2) is 33.2 Å². The lowest BCUT2D eigenvalue weighted by Gasteiger charge is -2.27. The Hall–Kier alpha value is -5.79. The van der Waals surface area contributed by atoms with Gasteiger partial charge in [-0.2, -0.15) is 17.0 Å². The molecule has 5 atom stereocenters. The van der Waals surface area contributed by atoms with E-state index in [-0.39, 0.29) is 17.2 Å². The minimum Gasteiger partial charge on any atom is -0.456 e. The minimum absolute atomic E-state index is 0.0209. The third-order valence-corrected chi connectivity index (χ3v) is 19.4. The number of nitrogens with one attached hydrogen (secondary N) is 2. The second-order valence-corrected chi connectivity index (χ2v) is 26.7. The highest BCUT2D eigenvalue weighted by Gasteiger charge is 2.44. The lowest BCUT2D eigenvalue weighted by Crippen LogP contribution is -2.29. The number of ether oxygens (including phenoxy) is 1. The Morgan fingerprint density at radius 2 is 1.62 bits per heavy atom. The largest absolute Gasteiger partial charge is 0.490 e. The molecule has 0 spiro atoms. The van der Waals surface area contributed by atoms with Crippen molar-refractivity contribution in [2.75, 3.05) is 49.5 Å². The van der Waals surface area contributed by atoms with Crippen molar-refractivity contribution in [1.82, 2.24) is 29.4 Å². The molecule has 25 nitrogen and oxygen atoms in total. The SMILES string of the molecule is CC[N+](CC)=c1ccc2c(/C=C/C=C3/N(CCCCCC(=O)NCCCCCCNc4ncnc5c4ncn5[C@H]4C[C@H](O)[C@@H](COP(=O)(O)OP(=O)(O)OP(=O)(O)O)O4)c4ccc(S(=O)(=O)O)cc4C3(C)C)c(C)c(-c3ccccc3)oc-2c1. The Labute approximate surface area is 486 Å². The number of aliphatic hydroxyl groups is 1. The van der Waals surface area contributed by atoms with E-state index < -0.39 is 64.0 Å². The molecule has 0 bridgehead atoms. The van der Waals surface area contributed by atoms with Crippen LogP contribution in [-0.4, -0.2) is 115 Å². The number of aromatic nitrogens is 4. The van der Waals surface area contributed by atoms with Gasteiger partial charge in [-0.3, -0.25) is 18.4 Å². The predicted octanol–water partition coefficient (Wildman–Crippen LogP) is 8.59. The normalized spacial score (nSPS) is 19.1. The van der Waals surface area contributed by atoms with E-state index in [0.717, 1.165) is 108 Å². The first-order chi connectivity index (χ1) is 39.8. The van der Waals surface area contributed by atoms with Gasteiger partial charge >= 0.3 is 23.5 Å². The van der Waals surface area contributed by atoms with E-state index in [1.54, 1.807) is 12.1 Å². The third-order valence-electron chi connectivity index (χ3n) is 14.7. The van der Waals surface area contributed by atoms with E-state index in [9.17, 15) is 46.4 Å². The molecule has 5 heterocycles. The third kappa shape index (κ3) is 16.0. The van der Waals surface area contributed by atoms with Gasteiger partial charge in [0.15, 0.2) is 17.0 Å². The first kappa shape index (κ1) is 64.2. The number of carbonyl (C=O) groups is 1. The number of rotatable bonds is 28. The first-order valence-electron chi connectivity index (χ1n) is 27.6. The highest BCUT2D eigenvalue weighted by molar-refractivity contribution is 7.85. The maximum Gasteiger partial charge on any atom is 0.490 e. The maximum absolute atomic E-state index is 12.9. The van der Waals surface area contributed by atoms with Crippen LogP contribution in [0.1, 0.15) is 108 Å². The van der Waals surface area contributed by atoms with Gasteiger partial charge in [0.1, 0.15) is 43.3 Å². The Kier molecular flexibility index (Phi) is 20.9. The van der Waals surface area contributed by atoms with Crippen molar-refractivity contribution in [3.05, 3.63) is 119 Å². The lowest BCUT2D eigenvalue weighted by molar-refractivity contribution is -0.121. The summed E-state index contributed by atoms with van der Waals surface area (Å²) in [6.45, 7) is 13.0. The number of hydrogen-bond donors (Lipinski definition) is 8. The topological polar surface area (TPSA) is 348 Å². The van der Waals surface area contributed by atoms with E-state index in [1.165, 1.54) is 23.3 Å². The van der Waals surface area contributed by atoms with Crippen LogP contribution in [0, 0.1) is 6.92 Å². The number of amides is 1. The fraction of sp³-hybridized carbons (Fsp3) is 0.436. The summed E-state index contributed by atoms with van der Waals surface area (Å²) < 4.78 is 97.8. The van der Waals surface area contributed by atoms with Gasteiger partial charge in [0, 0.05) is 72.0 Å². The van der Waals surface area contributed by atoms with Crippen LogP contribution in [0.25, 0.3) is 39.9 Å². The van der Waals surface area contributed by atoms with E-state index in [0.29, 0.717) is 49.5 Å². The highest BCUT2D eigenvalue weighted by Crippen LogP contribution is 2.66. The standard InChI is InChI=1S/C55H71N8O17P3S/c1-6-61(7-2)39-24-26-42-41(37(3)52(78-46(42)31-39)38-19-12-10-13-20-38)21-18-22-48-55(4,5)43-32-40(84(73,74)75)25-27-44(43)62(48)30-17-11-14-23-49(65)56-28-15-8-9-16-29-57-53-51-54(59-35-58-53)63(36-60-51)50-33-45(64)47(77-50)34-76-82(69,70)80-83(71,72)79-81(66,67)68/h10,12-13,18-22,24-27,31-32,35-36,45,47,50,64H,6-9,11,14-17,23,28-30,33-34H2,1-5H3,(H6-,56,57,58,59,65,66,67,68,69,70,71,72,73,74,75)/p+1/t45-,47+,50+/m0/s1. The van der Waals surface area contributed by atoms with E-state index in [2.05, 4.69) is 113 Å². The summed E-state index contributed by atoms with van der Waals surface area (Å²) in [5.41, 5.74) is 6.68. The average molecular weight is 1240 g/mol. The van der Waals surface area contributed by atoms with Crippen molar-refractivity contribution in [3.63, 3.8) is 0 Å². The van der Waals surface area contributed by atoms with Crippen molar-refractivity contribution < 1.29 is 78.4 Å². The van der Waals surface area contributed by atoms with Gasteiger partial charge < -0.3 is 49.4 Å². The molecule has 4 aromatic rings. The van der Waals surface area contributed by atoms with Crippen LogP contribution in [-0.2, 0) is 51.9 Å². The van der Waals surface area contributed by atoms with Crippen molar-refractivity contribution in [1.29, 1.82) is 0 Å². The molecule has 1 amide bonds. The molecule has 454 valence electrons. The maximum atomic E-state index is 12.9. The Morgan fingerprint density at radius 3 is 2.33 bits per heavy atom. The lowest BCUT2D eigenvalue weighted by atomic mass is 9.83. The molecule has 1 fully saturated rings. The molecule has 84 heavy (non-hydrogen) atoms. The summed E-state index contributed by atoms with van der Waals surface area (Å²) in [6, 6.07) is 21.1. The average Bonchev–Trinajstić information content (AvgIpc) is 1.89. The molecular formula is C55H72N8O17P3S+. The van der Waals surface area contributed by atoms with Crippen LogP contribution in [0.4, 0.5) is 11.5 Å². The second kappa shape index (κ2) is 27.3. The molecule has 3 aliphatic heterocycles. The highest BCUT2D eigenvalue weighted by atomic mass is 32.2. The number of fused-ring (bicyclic) bond motifs is 3. The van der Waals surface area contributed by atoms with Gasteiger partial charge in [-0.05, 0) is 87.9 Å². The zero-order valence-corrected chi connectivity index (χ0v) is 50.7. The number of unbranched alkanes of at least 4 members (excludes halogenated alkanes) is 5. The van der Waals surface area contributed by atoms with Gasteiger partial charge in [-0.1, -0.05) is 75.6 Å². The molecule has 8 N–H and O–H groups in total. The minimum atomic E-state index is -5.72. The molecule has 1 saturated heterocycles. The van der Waals surface area contributed by atoms with E-state index in [4.69, 9.17) is 18.9 Å². The molecule has 0 saturated carbocycles. The van der Waals surface area contributed by atoms with Crippen LogP contribution in [0.15, 0.2) is 107 Å². The first-order valence-corrected chi connectivity index (χ1v) is 33.5. The summed E-state index contributed by atoms with van der Waals surface area (Å²) in [6.07, 6.45) is 11.5. The zero-order valence-electron chi connectivity index (χ0n) is 47.2. The van der Waals surface area contributed by atoms with Crippen LogP contribution < -0.4 is 25.5 Å². The second-order valence-electron chi connectivity index (χ2n) is 20.9. The van der Waals surface area contributed by atoms with Gasteiger partial charge in [0.25, 0.3) is 10.1 Å². The number of phosphoric ester groups is 1. The molecular weight excluding hydrogens is 1170 g/mol. The molecule has 8 rings (SSSR count). The number of imidazole rings is 1. The number of allylic oxidation sites excluding steroid dienone is 3. The number of aliphatic hydroxyl groups excluding tert-OH is 1. The number of anilines is 2. The Balaban J connectivity index is 0.801. The predicted molar refractivity (Wildman–Crippen MR) is 314 cm³/mol. The summed E-state index contributed by atoms with van der Waals surface area (Å²) in [5.74, 6) is 1.98. The van der Waals surface area contributed by atoms with Gasteiger partial charge in [0.2, 0.25) is 11.3 Å². The summed E-state index contributed by atoms with van der Waals surface area (Å²) in [5, 5.41) is 18.0. The van der Waals surface area contributed by atoms with E-state index >= 15 is 0 Å². The zero-order chi connectivity index (χ0) is 60.6. The number of carbonyl (C=O) groups excluding carboxylic acids is 1. The molecule has 29 heteroatoms. The monoisotopic (exact) mass is 1240 g/mol. The van der Waals surface area contributed by atoms with Gasteiger partial charge in [0.05, 0.1) is 30.0 Å². The molecule has 4 aliphatic rings. The Bertz CT molecular complexity index is 3700.